The summed E-state index contributed by atoms with van der Waals surface area (Å²) < 4.78 is 0. The van der Waals surface area contributed by atoms with Gasteiger partial charge in [-0.3, -0.25) is 43.2 Å². The zero-order valence-electron chi connectivity index (χ0n) is 38.4. The third-order valence-electron chi connectivity index (χ3n) is 11.1. The van der Waals surface area contributed by atoms with Crippen molar-refractivity contribution in [3.8, 4) is 11.5 Å². The maximum absolute atomic E-state index is 14.5. The molecule has 0 radical (unpaired) electrons. The van der Waals surface area contributed by atoms with E-state index < -0.39 is 114 Å². The van der Waals surface area contributed by atoms with Crippen LogP contribution in [0, 0.1) is 11.8 Å². The molecule has 7 amide bonds. The highest BCUT2D eigenvalue weighted by molar-refractivity contribution is 6.02. The van der Waals surface area contributed by atoms with Gasteiger partial charge in [0.05, 0.1) is 6.04 Å². The molecule has 7 unspecified atom stereocenters. The summed E-state index contributed by atoms with van der Waals surface area (Å²) >= 11 is 0. The van der Waals surface area contributed by atoms with E-state index in [1.807, 2.05) is 0 Å². The zero-order chi connectivity index (χ0) is 49.2. The molecule has 19 heteroatoms. The molecule has 66 heavy (non-hydrogen) atoms. The largest absolute Gasteiger partial charge is 0.508 e. The molecule has 7 atom stereocenters. The second-order valence-electron chi connectivity index (χ2n) is 16.7. The van der Waals surface area contributed by atoms with Gasteiger partial charge in [0.1, 0.15) is 47.4 Å². The topological polar surface area (TPSA) is 299 Å². The van der Waals surface area contributed by atoms with E-state index in [2.05, 4.69) is 37.2 Å². The van der Waals surface area contributed by atoms with Crippen LogP contribution in [0.15, 0.2) is 72.0 Å². The molecule has 0 bridgehead atoms. The van der Waals surface area contributed by atoms with Gasteiger partial charge in [0.2, 0.25) is 35.4 Å². The first-order valence-electron chi connectivity index (χ1n) is 21.9. The summed E-state index contributed by atoms with van der Waals surface area (Å²) in [6, 6.07) is 4.13. The Balaban J connectivity index is 2.08. The molecule has 0 aliphatic carbocycles. The van der Waals surface area contributed by atoms with Gasteiger partial charge in [0.25, 0.3) is 5.91 Å². The molecule has 1 aliphatic heterocycles. The van der Waals surface area contributed by atoms with Crippen LogP contribution in [0.4, 0.5) is 0 Å². The van der Waals surface area contributed by atoms with Crippen molar-refractivity contribution in [2.24, 2.45) is 11.8 Å². The second-order valence-corrected chi connectivity index (χ2v) is 16.7. The molecular formula is C47H63N7O12. The van der Waals surface area contributed by atoms with E-state index in [1.165, 1.54) is 63.2 Å². The Hall–Kier alpha value is -7.05. The molecule has 0 saturated carbocycles. The van der Waals surface area contributed by atoms with E-state index in [4.69, 9.17) is 0 Å². The number of carboxylic acid groups (broad SMARTS) is 1. The molecule has 2 aromatic rings. The molecule has 1 heterocycles. The van der Waals surface area contributed by atoms with Gasteiger partial charge in [-0.05, 0) is 101 Å². The number of nitrogens with one attached hydrogen (secondary N) is 7. The minimum Gasteiger partial charge on any atom is -0.508 e. The lowest BCUT2D eigenvalue weighted by molar-refractivity contribution is -0.138. The number of carbonyl (C=O) groups excluding carboxylic acids is 8. The van der Waals surface area contributed by atoms with Gasteiger partial charge in [0, 0.05) is 24.8 Å². The molecule has 1 saturated heterocycles. The zero-order valence-corrected chi connectivity index (χ0v) is 38.4. The average molecular weight is 918 g/mol. The number of hydrogen-bond donors (Lipinski definition) is 10. The van der Waals surface area contributed by atoms with E-state index in [0.29, 0.717) is 24.0 Å². The fraction of sp³-hybridized carbons (Fsp3) is 0.468. The van der Waals surface area contributed by atoms with Crippen molar-refractivity contribution in [3.63, 3.8) is 0 Å². The molecule has 1 aliphatic rings. The Bertz CT molecular complexity index is 2150. The lowest BCUT2D eigenvalue weighted by Gasteiger charge is -2.30. The number of phenolic OH excluding ortho intramolecular Hbond substituents is 2. The lowest BCUT2D eigenvalue weighted by Crippen LogP contribution is -2.61. The van der Waals surface area contributed by atoms with Gasteiger partial charge in [0.15, 0.2) is 5.78 Å². The number of carboxylic acids is 1. The smallest absolute Gasteiger partial charge is 0.303 e. The molecule has 358 valence electrons. The number of ketones is 1. The number of aromatic hydroxyl groups is 2. The van der Waals surface area contributed by atoms with Crippen molar-refractivity contribution in [3.05, 3.63) is 83.1 Å². The maximum atomic E-state index is 14.5. The van der Waals surface area contributed by atoms with Gasteiger partial charge in [-0.2, -0.15) is 0 Å². The third-order valence-corrected chi connectivity index (χ3v) is 11.1. The van der Waals surface area contributed by atoms with Gasteiger partial charge >= 0.3 is 5.97 Å². The maximum Gasteiger partial charge on any atom is 0.303 e. The van der Waals surface area contributed by atoms with Crippen LogP contribution in [-0.2, 0) is 56.0 Å². The van der Waals surface area contributed by atoms with Gasteiger partial charge < -0.3 is 52.5 Å². The van der Waals surface area contributed by atoms with E-state index >= 15 is 0 Å². The Morgan fingerprint density at radius 1 is 0.773 bits per heavy atom. The molecular weight excluding hydrogens is 855 g/mol. The summed E-state index contributed by atoms with van der Waals surface area (Å²) in [4.78, 5) is 122. The number of Topliss-reactive ketones (excluding diaryl/α,β-unsaturated/α-hetero) is 1. The van der Waals surface area contributed by atoms with Crippen LogP contribution in [0.1, 0.15) is 91.7 Å². The van der Waals surface area contributed by atoms with Crippen molar-refractivity contribution < 1.29 is 58.5 Å². The first-order chi connectivity index (χ1) is 31.1. The van der Waals surface area contributed by atoms with Crippen LogP contribution in [0.25, 0.3) is 0 Å². The van der Waals surface area contributed by atoms with Gasteiger partial charge in [-0.25, -0.2) is 0 Å². The number of amides is 7. The number of phenols is 2. The predicted octanol–water partition coefficient (Wildman–Crippen LogP) is 1.71. The van der Waals surface area contributed by atoms with Crippen molar-refractivity contribution in [2.45, 2.75) is 130 Å². The van der Waals surface area contributed by atoms with Gasteiger partial charge in [-0.1, -0.05) is 57.2 Å². The number of rotatable bonds is 16. The Morgan fingerprint density at radius 3 is 1.94 bits per heavy atom. The standard InChI is InChI=1S/C47H63N7O12/c1-8-26(5)41(60)53-39(25(3)4)46(65)52-36(24-30-15-19-32(56)20-16-30)45(64)54-40-27(6)23-37(57)34(12-10-11-29-13-17-31(55)18-14-29)50-44(63)35(21-22-38(58)59)51-43(62)33(9-2)49-42(61)28(7)48-47(40)66/h8-9,13-20,25,27-28,34-36,39-40,55-56H,10-12,21-24H2,1-7H3,(H,48,66)(H,49,61)(H,50,63)(H,51,62)(H,52,65)(H,53,60)(H,54,64)(H,58,59). The van der Waals surface area contributed by atoms with Crippen LogP contribution in [-0.4, -0.2) is 105 Å². The third kappa shape index (κ3) is 16.5. The minimum absolute atomic E-state index is 0.0516. The van der Waals surface area contributed by atoms with Crippen LogP contribution in [0.3, 0.4) is 0 Å². The number of aryl methyl sites for hydroxylation is 1. The van der Waals surface area contributed by atoms with E-state index in [9.17, 15) is 58.5 Å². The second kappa shape index (κ2) is 25.4. The Morgan fingerprint density at radius 2 is 1.38 bits per heavy atom. The number of carbonyl (C=O) groups is 9. The molecule has 3 rings (SSSR count). The SMILES string of the molecule is CC=C(C)C(=O)NC(C(=O)NC(Cc1ccc(O)cc1)C(=O)NC1C(=O)NC(C)C(=O)NC(=CC)C(=O)NC(CCC(=O)O)C(=O)NC(CCCc2ccc(O)cc2)C(=O)CC1C)C(C)C. The summed E-state index contributed by atoms with van der Waals surface area (Å²) in [5, 5.41) is 47.2. The average Bonchev–Trinajstić information content (AvgIpc) is 3.27. The van der Waals surface area contributed by atoms with Crippen LogP contribution in [0.5, 0.6) is 11.5 Å². The molecule has 10 N–H and O–H groups in total. The Labute approximate surface area is 384 Å². The highest BCUT2D eigenvalue weighted by atomic mass is 16.4. The number of benzene rings is 2. The van der Waals surface area contributed by atoms with Crippen molar-refractivity contribution in [1.82, 2.24) is 37.2 Å². The number of hydrogen-bond acceptors (Lipinski definition) is 11. The van der Waals surface area contributed by atoms with Crippen LogP contribution in [0.2, 0.25) is 0 Å². The molecule has 1 fully saturated rings. The fourth-order valence-corrected chi connectivity index (χ4v) is 6.96. The first-order valence-corrected chi connectivity index (χ1v) is 21.9. The number of aliphatic carboxylic acids is 1. The summed E-state index contributed by atoms with van der Waals surface area (Å²) in [5.41, 5.74) is 1.34. The monoisotopic (exact) mass is 917 g/mol. The highest BCUT2D eigenvalue weighted by Gasteiger charge is 2.37. The highest BCUT2D eigenvalue weighted by Crippen LogP contribution is 2.19. The van der Waals surface area contributed by atoms with E-state index in [1.54, 1.807) is 45.9 Å². The molecule has 0 spiro atoms. The number of allylic oxidation sites excluding steroid dienone is 2. The van der Waals surface area contributed by atoms with E-state index in [-0.39, 0.29) is 36.5 Å². The van der Waals surface area contributed by atoms with E-state index in [0.717, 1.165) is 5.56 Å². The molecule has 0 aromatic heterocycles. The predicted molar refractivity (Wildman–Crippen MR) is 242 cm³/mol. The van der Waals surface area contributed by atoms with Gasteiger partial charge in [-0.15, -0.1) is 0 Å². The molecule has 2 aromatic carbocycles. The fourth-order valence-electron chi connectivity index (χ4n) is 6.96. The minimum atomic E-state index is -1.55. The first kappa shape index (κ1) is 53.3. The Kier molecular flexibility index (Phi) is 20.5. The van der Waals surface area contributed by atoms with Crippen LogP contribution < -0.4 is 37.2 Å². The van der Waals surface area contributed by atoms with Crippen molar-refractivity contribution >= 4 is 53.1 Å². The molecule has 19 nitrogen and oxygen atoms in total. The summed E-state index contributed by atoms with van der Waals surface area (Å²) in [7, 11) is 0. The van der Waals surface area contributed by atoms with Crippen molar-refractivity contribution in [2.75, 3.05) is 0 Å². The quantitative estimate of drug-likeness (QED) is 0.108. The summed E-state index contributed by atoms with van der Waals surface area (Å²) in [5.74, 6) is -9.02. The summed E-state index contributed by atoms with van der Waals surface area (Å²) in [6.45, 7) is 10.9. The summed E-state index contributed by atoms with van der Waals surface area (Å²) in [6.07, 6.45) is 2.12. The van der Waals surface area contributed by atoms with Crippen LogP contribution >= 0.6 is 0 Å². The van der Waals surface area contributed by atoms with Crippen molar-refractivity contribution in [1.29, 1.82) is 0 Å². The normalized spacial score (nSPS) is 21.7. The lowest BCUT2D eigenvalue weighted by atomic mass is 9.90.